The summed E-state index contributed by atoms with van der Waals surface area (Å²) in [5.41, 5.74) is 0. The average molecular weight is 166 g/mol. The number of quaternary nitrogens is 1. The Kier molecular flexibility index (Phi) is 10.5. The van der Waals surface area contributed by atoms with Crippen molar-refractivity contribution in [2.45, 2.75) is 0 Å². The molecule has 0 bridgehead atoms. The molecule has 7 heavy (non-hydrogen) atoms. The van der Waals surface area contributed by atoms with Crippen LogP contribution in [0.25, 0.3) is 0 Å². The Balaban J connectivity index is -0.0000000800. The van der Waals surface area contributed by atoms with Gasteiger partial charge in [0.15, 0.2) is 0 Å². The first-order valence-corrected chi connectivity index (χ1v) is 2.45. The fourth-order valence-corrected chi connectivity index (χ4v) is 0. The van der Waals surface area contributed by atoms with Gasteiger partial charge >= 0.3 is 17.1 Å². The molecule has 0 unspecified atom stereocenters. The van der Waals surface area contributed by atoms with Gasteiger partial charge in [-0.05, 0) is 0 Å². The van der Waals surface area contributed by atoms with Gasteiger partial charge in [-0.15, -0.1) is 0 Å². The van der Waals surface area contributed by atoms with E-state index in [1.807, 2.05) is 0 Å². The van der Waals surface area contributed by atoms with Gasteiger partial charge in [0.1, 0.15) is 0 Å². The molecule has 0 heterocycles. The summed E-state index contributed by atoms with van der Waals surface area (Å²) in [7, 11) is -5.61. The summed E-state index contributed by atoms with van der Waals surface area (Å²) in [4.78, 5) is 34.3. The van der Waals surface area contributed by atoms with Crippen molar-refractivity contribution in [1.29, 1.82) is 0 Å². The number of hydrogen-bond donors (Lipinski definition) is 1. The third-order valence-electron chi connectivity index (χ3n) is 0. The maximum absolute atomic E-state index is 8.58. The van der Waals surface area contributed by atoms with Crippen molar-refractivity contribution in [3.63, 3.8) is 0 Å². The Morgan fingerprint density at radius 2 is 0.857 bits per heavy atom. The van der Waals surface area contributed by atoms with Crippen molar-refractivity contribution in [2.24, 2.45) is 0 Å². The van der Waals surface area contributed by atoms with Crippen molar-refractivity contribution >= 4 is 9.05 Å². The van der Waals surface area contributed by atoms with E-state index in [0.29, 0.717) is 0 Å². The second kappa shape index (κ2) is 4.69. The van der Waals surface area contributed by atoms with Gasteiger partial charge in [-0.2, -0.15) is 0 Å². The third-order valence-corrected chi connectivity index (χ3v) is 0. The van der Waals surface area contributed by atoms with E-state index < -0.39 is 9.05 Å². The zero-order valence-electron chi connectivity index (χ0n) is 3.49. The summed E-state index contributed by atoms with van der Waals surface area (Å²) < 4.78 is 0. The molecular formula is H4FeNO4Si. The minimum atomic E-state index is -5.61. The summed E-state index contributed by atoms with van der Waals surface area (Å²) in [6.45, 7) is 0. The van der Waals surface area contributed by atoms with Gasteiger partial charge in [0, 0.05) is 0 Å². The summed E-state index contributed by atoms with van der Waals surface area (Å²) in [5, 5.41) is 0. The van der Waals surface area contributed by atoms with Gasteiger partial charge < -0.3 is 34.4 Å². The van der Waals surface area contributed by atoms with E-state index in [0.717, 1.165) is 0 Å². The van der Waals surface area contributed by atoms with E-state index >= 15 is 0 Å². The Morgan fingerprint density at radius 1 is 0.857 bits per heavy atom. The van der Waals surface area contributed by atoms with Crippen molar-refractivity contribution in [2.75, 3.05) is 0 Å². The molecule has 0 aromatic carbocycles. The Bertz CT molecular complexity index is 27.2. The maximum Gasteiger partial charge on any atom is 3.00 e. The predicted molar refractivity (Wildman–Crippen MR) is 11.7 cm³/mol. The summed E-state index contributed by atoms with van der Waals surface area (Å²) >= 11 is 0. The molecule has 0 aromatic rings. The van der Waals surface area contributed by atoms with Crippen LogP contribution in [0.5, 0.6) is 0 Å². The van der Waals surface area contributed by atoms with Gasteiger partial charge in [0.25, 0.3) is 0 Å². The molecule has 0 spiro atoms. The molecule has 0 saturated heterocycles. The molecular weight excluding hydrogens is 162 g/mol. The predicted octanol–water partition coefficient (Wildman–Crippen LogP) is -4.76. The Labute approximate surface area is 52.2 Å². The first-order valence-electron chi connectivity index (χ1n) is 0.816. The smallest absolute Gasteiger partial charge is 0.894 e. The Hall–Kier alpha value is 0.536. The van der Waals surface area contributed by atoms with E-state index in [9.17, 15) is 0 Å². The molecule has 0 rings (SSSR count). The molecule has 7 heteroatoms. The molecule has 5 nitrogen and oxygen atoms in total. The zero-order chi connectivity index (χ0) is 4.50. The quantitative estimate of drug-likeness (QED) is 0.362. The largest absolute Gasteiger partial charge is 3.00 e. The van der Waals surface area contributed by atoms with Gasteiger partial charge in [-0.25, -0.2) is 0 Å². The molecule has 0 aliphatic heterocycles. The molecule has 0 fully saturated rings. The van der Waals surface area contributed by atoms with Crippen LogP contribution in [-0.2, 0) is 17.1 Å². The summed E-state index contributed by atoms with van der Waals surface area (Å²) in [6, 6.07) is 0. The van der Waals surface area contributed by atoms with Crippen molar-refractivity contribution < 1.29 is 36.3 Å². The maximum atomic E-state index is 8.58. The van der Waals surface area contributed by atoms with Crippen LogP contribution >= 0.6 is 0 Å². The van der Waals surface area contributed by atoms with Crippen LogP contribution in [0.4, 0.5) is 0 Å². The van der Waals surface area contributed by atoms with Crippen LogP contribution in [-0.4, -0.2) is 9.05 Å². The molecule has 0 aromatic heterocycles. The van der Waals surface area contributed by atoms with Crippen molar-refractivity contribution in [3.05, 3.63) is 0 Å². The van der Waals surface area contributed by atoms with Gasteiger partial charge in [-0.3, -0.25) is 0 Å². The van der Waals surface area contributed by atoms with Crippen molar-refractivity contribution in [3.8, 4) is 0 Å². The van der Waals surface area contributed by atoms with Gasteiger partial charge in [0.2, 0.25) is 0 Å². The van der Waals surface area contributed by atoms with Crippen molar-refractivity contribution in [1.82, 2.24) is 6.15 Å². The second-order valence-corrected chi connectivity index (χ2v) is 1.50. The van der Waals surface area contributed by atoms with Crippen LogP contribution < -0.4 is 25.3 Å². The molecule has 0 amide bonds. The molecule has 0 atom stereocenters. The normalized spacial score (nSPS) is 8.57. The van der Waals surface area contributed by atoms with Crippen LogP contribution in [0.3, 0.4) is 0 Å². The molecule has 1 radical (unpaired) electrons. The van der Waals surface area contributed by atoms with E-state index in [2.05, 4.69) is 0 Å². The third kappa shape index (κ3) is 468. The van der Waals surface area contributed by atoms with Gasteiger partial charge in [0.05, 0.1) is 0 Å². The standard InChI is InChI=1S/Fe.H3N.O4Si/c;;1-5(2,3)4/h;1H3;/q+3;;-4/p+1. The van der Waals surface area contributed by atoms with E-state index in [1.165, 1.54) is 0 Å². The van der Waals surface area contributed by atoms with Crippen LogP contribution in [0.2, 0.25) is 0 Å². The number of hydrogen-bond acceptors (Lipinski definition) is 4. The summed E-state index contributed by atoms with van der Waals surface area (Å²) in [6.07, 6.45) is 0. The molecule has 45 valence electrons. The molecule has 0 aliphatic rings. The van der Waals surface area contributed by atoms with E-state index in [4.69, 9.17) is 19.2 Å². The topological polar surface area (TPSA) is 129 Å². The zero-order valence-corrected chi connectivity index (χ0v) is 5.59. The molecule has 4 N–H and O–H groups in total. The van der Waals surface area contributed by atoms with E-state index in [-0.39, 0.29) is 23.2 Å². The van der Waals surface area contributed by atoms with Gasteiger partial charge in [-0.1, -0.05) is 0 Å². The van der Waals surface area contributed by atoms with Crippen LogP contribution in [0, 0.1) is 0 Å². The fraction of sp³-hybridized carbons (Fsp3) is 0. The Morgan fingerprint density at radius 3 is 0.857 bits per heavy atom. The molecule has 0 saturated carbocycles. The minimum absolute atomic E-state index is 0. The first-order chi connectivity index (χ1) is 2.00. The number of rotatable bonds is 0. The summed E-state index contributed by atoms with van der Waals surface area (Å²) in [5.74, 6) is 0. The fourth-order valence-electron chi connectivity index (χ4n) is 0. The minimum Gasteiger partial charge on any atom is -0.894 e. The average Bonchev–Trinajstić information content (AvgIpc) is 0.722. The van der Waals surface area contributed by atoms with Crippen LogP contribution in [0.1, 0.15) is 0 Å². The monoisotopic (exact) mass is 166 g/mol. The first kappa shape index (κ1) is 15.6. The second-order valence-electron chi connectivity index (χ2n) is 0.500. The SMILES string of the molecule is [Fe+3].[NH4+].[O-][Si]([O-])([O-])[O-]. The van der Waals surface area contributed by atoms with Crippen LogP contribution in [0.15, 0.2) is 0 Å². The molecule has 0 aliphatic carbocycles. The van der Waals surface area contributed by atoms with E-state index in [1.54, 1.807) is 0 Å².